The van der Waals surface area contributed by atoms with Gasteiger partial charge in [-0.05, 0) is 24.0 Å². The maximum atomic E-state index is 2.21. The molecule has 0 amide bonds. The first-order chi connectivity index (χ1) is 4.86. The molecule has 0 bridgehead atoms. The molecule has 1 rings (SSSR count). The first kappa shape index (κ1) is 19.5. The zero-order valence-electron chi connectivity index (χ0n) is 8.19. The van der Waals surface area contributed by atoms with Crippen molar-refractivity contribution < 1.29 is 34.0 Å². The fourth-order valence-electron chi connectivity index (χ4n) is 1.01. The van der Waals surface area contributed by atoms with Crippen LogP contribution in [0.15, 0.2) is 24.3 Å². The third-order valence-corrected chi connectivity index (χ3v) is 1.84. The van der Waals surface area contributed by atoms with Crippen LogP contribution in [-0.2, 0) is 12.8 Å². The minimum Gasteiger partial charge on any atom is -1.00 e. The van der Waals surface area contributed by atoms with E-state index < -0.39 is 0 Å². The van der Waals surface area contributed by atoms with E-state index in [9.17, 15) is 0 Å². The van der Waals surface area contributed by atoms with Crippen molar-refractivity contribution in [2.45, 2.75) is 26.7 Å². The van der Waals surface area contributed by atoms with Crippen molar-refractivity contribution in [1.29, 1.82) is 0 Å². The first-order valence-electron chi connectivity index (χ1n) is 3.94. The van der Waals surface area contributed by atoms with E-state index in [1.165, 1.54) is 11.1 Å². The fraction of sp³-hybridized carbons (Fsp3) is 0.400. The molecule has 0 heterocycles. The molecule has 0 atom stereocenters. The summed E-state index contributed by atoms with van der Waals surface area (Å²) in [7, 11) is 0. The van der Waals surface area contributed by atoms with E-state index in [0.29, 0.717) is 0 Å². The largest absolute Gasteiger partial charge is 2.00 e. The Morgan fingerprint density at radius 3 is 1.15 bits per heavy atom. The summed E-state index contributed by atoms with van der Waals surface area (Å²) in [5.74, 6) is 0. The number of rotatable bonds is 2. The Bertz CT molecular complexity index is 174. The molecule has 0 saturated heterocycles. The van der Waals surface area contributed by atoms with Gasteiger partial charge in [0.15, 0.2) is 0 Å². The molecule has 70 valence electrons. The Morgan fingerprint density at radius 2 is 1.00 bits per heavy atom. The first-order valence-corrected chi connectivity index (χ1v) is 3.94. The Kier molecular flexibility index (Phi) is 16.5. The van der Waals surface area contributed by atoms with Gasteiger partial charge in [0.05, 0.1) is 0 Å². The van der Waals surface area contributed by atoms with Crippen molar-refractivity contribution in [3.8, 4) is 0 Å². The summed E-state index contributed by atoms with van der Waals surface area (Å²) in [4.78, 5) is 0. The third-order valence-electron chi connectivity index (χ3n) is 1.84. The van der Waals surface area contributed by atoms with E-state index in [-0.39, 0.29) is 57.0 Å². The summed E-state index contributed by atoms with van der Waals surface area (Å²) in [5.41, 5.74) is 2.86. The molecule has 0 aliphatic carbocycles. The molecule has 0 saturated carbocycles. The second kappa shape index (κ2) is 11.0. The van der Waals surface area contributed by atoms with Gasteiger partial charge in [-0.3, -0.25) is 0 Å². The predicted octanol–water partition coefficient (Wildman–Crippen LogP) is -3.56. The monoisotopic (exact) mass is 316 g/mol. The molecule has 0 unspecified atom stereocenters. The SMILES string of the molecule is CCc1ccc(CC)cc1.[Br-].[Br-].[Mg+2]. The molecular formula is C10H14Br2Mg. The molecule has 13 heavy (non-hydrogen) atoms. The van der Waals surface area contributed by atoms with Gasteiger partial charge in [0.25, 0.3) is 0 Å². The van der Waals surface area contributed by atoms with Crippen LogP contribution in [0.4, 0.5) is 0 Å². The van der Waals surface area contributed by atoms with Crippen LogP contribution in [0.5, 0.6) is 0 Å². The summed E-state index contributed by atoms with van der Waals surface area (Å²) in [6.07, 6.45) is 2.29. The number of hydrogen-bond donors (Lipinski definition) is 0. The summed E-state index contributed by atoms with van der Waals surface area (Å²) in [5, 5.41) is 0. The second-order valence-electron chi connectivity index (χ2n) is 2.52. The van der Waals surface area contributed by atoms with Gasteiger partial charge in [-0.15, -0.1) is 0 Å². The van der Waals surface area contributed by atoms with Gasteiger partial charge in [0.1, 0.15) is 0 Å². The Hall–Kier alpha value is 0.946. The average molecular weight is 318 g/mol. The van der Waals surface area contributed by atoms with Crippen LogP contribution < -0.4 is 34.0 Å². The van der Waals surface area contributed by atoms with Gasteiger partial charge in [-0.2, -0.15) is 0 Å². The second-order valence-corrected chi connectivity index (χ2v) is 2.52. The van der Waals surface area contributed by atoms with Crippen molar-refractivity contribution in [3.05, 3.63) is 35.4 Å². The standard InChI is InChI=1S/C10H14.2BrH.Mg/c1-3-9-5-7-10(4-2)8-6-9;;;/h5-8H,3-4H2,1-2H3;2*1H;/q;;;+2/p-2. The summed E-state index contributed by atoms with van der Waals surface area (Å²) in [6, 6.07) is 8.83. The molecule has 0 aliphatic rings. The van der Waals surface area contributed by atoms with E-state index in [4.69, 9.17) is 0 Å². The topological polar surface area (TPSA) is 0 Å². The van der Waals surface area contributed by atoms with E-state index in [1.807, 2.05) is 0 Å². The van der Waals surface area contributed by atoms with Gasteiger partial charge in [0.2, 0.25) is 0 Å². The van der Waals surface area contributed by atoms with Crippen molar-refractivity contribution in [3.63, 3.8) is 0 Å². The van der Waals surface area contributed by atoms with E-state index >= 15 is 0 Å². The zero-order chi connectivity index (χ0) is 7.40. The molecule has 1 aromatic rings. The molecular weight excluding hydrogens is 304 g/mol. The van der Waals surface area contributed by atoms with Crippen LogP contribution in [0.3, 0.4) is 0 Å². The van der Waals surface area contributed by atoms with Crippen molar-refractivity contribution >= 4 is 23.1 Å². The molecule has 0 radical (unpaired) electrons. The summed E-state index contributed by atoms with van der Waals surface area (Å²) in [6.45, 7) is 4.36. The van der Waals surface area contributed by atoms with Crippen LogP contribution in [-0.4, -0.2) is 23.1 Å². The van der Waals surface area contributed by atoms with Crippen LogP contribution in [0.2, 0.25) is 0 Å². The molecule has 0 N–H and O–H groups in total. The average Bonchev–Trinajstić information content (AvgIpc) is 2.05. The molecule has 0 spiro atoms. The van der Waals surface area contributed by atoms with E-state index in [2.05, 4.69) is 38.1 Å². The van der Waals surface area contributed by atoms with Crippen LogP contribution in [0.1, 0.15) is 25.0 Å². The van der Waals surface area contributed by atoms with Crippen molar-refractivity contribution in [2.75, 3.05) is 0 Å². The third kappa shape index (κ3) is 6.94. The van der Waals surface area contributed by atoms with Crippen LogP contribution in [0.25, 0.3) is 0 Å². The minimum absolute atomic E-state index is 0. The zero-order valence-corrected chi connectivity index (χ0v) is 12.8. The molecule has 0 fully saturated rings. The summed E-state index contributed by atoms with van der Waals surface area (Å²) < 4.78 is 0. The molecule has 0 nitrogen and oxygen atoms in total. The maximum Gasteiger partial charge on any atom is 2.00 e. The van der Waals surface area contributed by atoms with E-state index in [1.54, 1.807) is 0 Å². The number of halogens is 2. The van der Waals surface area contributed by atoms with E-state index in [0.717, 1.165) is 12.8 Å². The van der Waals surface area contributed by atoms with Gasteiger partial charge >= 0.3 is 23.1 Å². The normalized spacial score (nSPS) is 7.54. The summed E-state index contributed by atoms with van der Waals surface area (Å²) >= 11 is 0. The van der Waals surface area contributed by atoms with Gasteiger partial charge in [-0.1, -0.05) is 38.1 Å². The molecule has 0 aromatic heterocycles. The smallest absolute Gasteiger partial charge is 1.00 e. The number of hydrogen-bond acceptors (Lipinski definition) is 0. The maximum absolute atomic E-state index is 2.21. The Labute approximate surface area is 118 Å². The quantitative estimate of drug-likeness (QED) is 0.495. The Morgan fingerprint density at radius 1 is 0.769 bits per heavy atom. The van der Waals surface area contributed by atoms with Crippen molar-refractivity contribution in [1.82, 2.24) is 0 Å². The Balaban J connectivity index is -0.000000333. The van der Waals surface area contributed by atoms with Crippen LogP contribution >= 0.6 is 0 Å². The minimum atomic E-state index is 0. The molecule has 3 heteroatoms. The van der Waals surface area contributed by atoms with Crippen LogP contribution in [0, 0.1) is 0 Å². The molecule has 0 aliphatic heterocycles. The predicted molar refractivity (Wildman–Crippen MR) is 51.0 cm³/mol. The van der Waals surface area contributed by atoms with Gasteiger partial charge in [-0.25, -0.2) is 0 Å². The van der Waals surface area contributed by atoms with Gasteiger partial charge in [0, 0.05) is 0 Å². The fourth-order valence-corrected chi connectivity index (χ4v) is 1.01. The van der Waals surface area contributed by atoms with Crippen molar-refractivity contribution in [2.24, 2.45) is 0 Å². The number of aryl methyl sites for hydroxylation is 2. The van der Waals surface area contributed by atoms with Gasteiger partial charge < -0.3 is 34.0 Å². The number of benzene rings is 1. The molecule has 1 aromatic carbocycles.